The van der Waals surface area contributed by atoms with Crippen LogP contribution in [0, 0.1) is 11.8 Å². The number of hydrogen-bond acceptors (Lipinski definition) is 7. The SMILES string of the molecule is C=CCNc1c(C(=O)NC(C)c2nc3cccc(C#Cc4cncn4C)c3c(=O)n2C2CC2)c(N)nn1C. The van der Waals surface area contributed by atoms with E-state index in [0.717, 1.165) is 18.5 Å². The highest BCUT2D eigenvalue weighted by Crippen LogP contribution is 2.36. The smallest absolute Gasteiger partial charge is 0.262 e. The van der Waals surface area contributed by atoms with Crippen LogP contribution in [0.3, 0.4) is 0 Å². The van der Waals surface area contributed by atoms with Crippen LogP contribution in [0.15, 0.2) is 48.2 Å². The fraction of sp³-hybridized carbons (Fsp3) is 0.296. The molecule has 5 rings (SSSR count). The predicted octanol–water partition coefficient (Wildman–Crippen LogP) is 2.27. The first-order valence-electron chi connectivity index (χ1n) is 12.3. The van der Waals surface area contributed by atoms with Crippen molar-refractivity contribution < 1.29 is 4.79 Å². The Bertz CT molecular complexity index is 1680. The zero-order valence-corrected chi connectivity index (χ0v) is 21.5. The van der Waals surface area contributed by atoms with E-state index in [0.29, 0.717) is 34.7 Å². The molecule has 1 saturated carbocycles. The standard InChI is InChI=1S/C27H29N9O2/c1-5-13-30-25-22(23(28)33-35(25)4)26(37)31-16(2)24-32-20-8-6-7-17(9-10-19-14-29-15-34(19)3)21(20)27(38)36(24)18-11-12-18/h5-8,14-16,18,30H,1,11-13H2,2-4H3,(H2,28,33)(H,31,37). The second-order valence-corrected chi connectivity index (χ2v) is 9.31. The van der Waals surface area contributed by atoms with E-state index in [4.69, 9.17) is 10.7 Å². The molecule has 3 aromatic heterocycles. The zero-order valence-electron chi connectivity index (χ0n) is 21.5. The topological polar surface area (TPSA) is 138 Å². The van der Waals surface area contributed by atoms with Crippen LogP contribution in [0.4, 0.5) is 11.6 Å². The van der Waals surface area contributed by atoms with Crippen molar-refractivity contribution in [2.45, 2.75) is 31.8 Å². The van der Waals surface area contributed by atoms with Crippen LogP contribution in [0.2, 0.25) is 0 Å². The van der Waals surface area contributed by atoms with Gasteiger partial charge in [0.2, 0.25) is 0 Å². The van der Waals surface area contributed by atoms with Crippen LogP contribution in [0.1, 0.15) is 59.3 Å². The minimum Gasteiger partial charge on any atom is -0.381 e. The fourth-order valence-electron chi connectivity index (χ4n) is 4.44. The van der Waals surface area contributed by atoms with Crippen molar-refractivity contribution in [3.05, 3.63) is 76.4 Å². The predicted molar refractivity (Wildman–Crippen MR) is 146 cm³/mol. The molecule has 194 valence electrons. The van der Waals surface area contributed by atoms with Gasteiger partial charge in [-0.1, -0.05) is 18.1 Å². The van der Waals surface area contributed by atoms with E-state index < -0.39 is 11.9 Å². The Balaban J connectivity index is 1.54. The average molecular weight is 512 g/mol. The third-order valence-corrected chi connectivity index (χ3v) is 6.46. The Morgan fingerprint density at radius 3 is 2.79 bits per heavy atom. The number of nitrogens with one attached hydrogen (secondary N) is 2. The van der Waals surface area contributed by atoms with Gasteiger partial charge in [-0.15, -0.1) is 6.58 Å². The van der Waals surface area contributed by atoms with Gasteiger partial charge < -0.3 is 20.9 Å². The summed E-state index contributed by atoms with van der Waals surface area (Å²) in [6.07, 6.45) is 6.77. The van der Waals surface area contributed by atoms with Gasteiger partial charge in [0.25, 0.3) is 11.5 Å². The Morgan fingerprint density at radius 2 is 2.11 bits per heavy atom. The lowest BCUT2D eigenvalue weighted by molar-refractivity contribution is 0.0939. The maximum absolute atomic E-state index is 13.8. The summed E-state index contributed by atoms with van der Waals surface area (Å²) >= 11 is 0. The fourth-order valence-corrected chi connectivity index (χ4v) is 4.44. The van der Waals surface area contributed by atoms with Crippen LogP contribution in [0.5, 0.6) is 0 Å². The third-order valence-electron chi connectivity index (χ3n) is 6.46. The maximum Gasteiger partial charge on any atom is 0.262 e. The number of hydrogen-bond donors (Lipinski definition) is 3. The summed E-state index contributed by atoms with van der Waals surface area (Å²) in [6.45, 7) is 5.94. The summed E-state index contributed by atoms with van der Waals surface area (Å²) in [6, 6.07) is 4.89. The molecule has 38 heavy (non-hydrogen) atoms. The molecule has 4 aromatic rings. The second kappa shape index (κ2) is 9.89. The number of benzene rings is 1. The molecule has 1 aliphatic carbocycles. The van der Waals surface area contributed by atoms with E-state index in [9.17, 15) is 9.59 Å². The number of nitrogens with two attached hydrogens (primary N) is 1. The first-order valence-corrected chi connectivity index (χ1v) is 12.3. The molecule has 11 nitrogen and oxygen atoms in total. The molecule has 4 N–H and O–H groups in total. The minimum absolute atomic E-state index is 0.0279. The number of imidazole rings is 1. The van der Waals surface area contributed by atoms with E-state index in [1.54, 1.807) is 43.2 Å². The summed E-state index contributed by atoms with van der Waals surface area (Å²) in [5, 5.41) is 10.7. The van der Waals surface area contributed by atoms with E-state index in [1.807, 2.05) is 23.7 Å². The second-order valence-electron chi connectivity index (χ2n) is 9.31. The molecular weight excluding hydrogens is 482 g/mol. The highest BCUT2D eigenvalue weighted by atomic mass is 16.2. The van der Waals surface area contributed by atoms with Gasteiger partial charge in [0.15, 0.2) is 5.82 Å². The van der Waals surface area contributed by atoms with Crippen molar-refractivity contribution >= 4 is 28.4 Å². The molecular formula is C27H29N9O2. The summed E-state index contributed by atoms with van der Waals surface area (Å²) in [4.78, 5) is 36.1. The number of carbonyl (C=O) groups excluding carboxylic acids is 1. The number of nitrogen functional groups attached to an aromatic ring is 1. The third kappa shape index (κ3) is 4.52. The zero-order chi connectivity index (χ0) is 27.0. The van der Waals surface area contributed by atoms with E-state index in [1.165, 1.54) is 4.68 Å². The van der Waals surface area contributed by atoms with Gasteiger partial charge in [0.1, 0.15) is 22.9 Å². The Labute approximate surface area is 219 Å². The Hall–Kier alpha value is -4.85. The lowest BCUT2D eigenvalue weighted by atomic mass is 10.1. The van der Waals surface area contributed by atoms with Crippen LogP contribution in [0.25, 0.3) is 10.9 Å². The monoisotopic (exact) mass is 511 g/mol. The lowest BCUT2D eigenvalue weighted by Gasteiger charge is -2.20. The Morgan fingerprint density at radius 1 is 1.32 bits per heavy atom. The number of nitrogens with zero attached hydrogens (tertiary/aromatic N) is 6. The van der Waals surface area contributed by atoms with Gasteiger partial charge in [0.05, 0.1) is 29.5 Å². The normalized spacial score (nSPS) is 13.6. The van der Waals surface area contributed by atoms with Gasteiger partial charge in [-0.3, -0.25) is 18.8 Å². The molecule has 1 amide bonds. The number of carbonyl (C=O) groups is 1. The summed E-state index contributed by atoms with van der Waals surface area (Å²) < 4.78 is 5.03. The van der Waals surface area contributed by atoms with Gasteiger partial charge in [-0.2, -0.15) is 5.10 Å². The molecule has 1 aliphatic rings. The number of anilines is 2. The quantitative estimate of drug-likeness (QED) is 0.256. The molecule has 1 atom stereocenters. The van der Waals surface area contributed by atoms with Crippen LogP contribution >= 0.6 is 0 Å². The van der Waals surface area contributed by atoms with Gasteiger partial charge in [0, 0.05) is 32.2 Å². The summed E-state index contributed by atoms with van der Waals surface area (Å²) in [5.41, 5.74) is 7.98. The molecule has 1 aromatic carbocycles. The van der Waals surface area contributed by atoms with Gasteiger partial charge >= 0.3 is 0 Å². The largest absolute Gasteiger partial charge is 0.381 e. The Kier molecular flexibility index (Phi) is 6.46. The van der Waals surface area contributed by atoms with Crippen molar-refractivity contribution in [1.82, 2.24) is 34.2 Å². The summed E-state index contributed by atoms with van der Waals surface area (Å²) in [7, 11) is 3.56. The molecule has 0 bridgehead atoms. The highest BCUT2D eigenvalue weighted by molar-refractivity contribution is 6.03. The van der Waals surface area contributed by atoms with E-state index in [2.05, 4.69) is 39.1 Å². The molecule has 0 radical (unpaired) electrons. The van der Waals surface area contributed by atoms with Crippen molar-refractivity contribution in [2.75, 3.05) is 17.6 Å². The first-order chi connectivity index (χ1) is 18.3. The van der Waals surface area contributed by atoms with Crippen LogP contribution < -0.4 is 21.9 Å². The first kappa shape index (κ1) is 24.8. The highest BCUT2D eigenvalue weighted by Gasteiger charge is 2.32. The molecule has 1 fully saturated rings. The van der Waals surface area contributed by atoms with Crippen LogP contribution in [-0.2, 0) is 14.1 Å². The molecule has 0 spiro atoms. The average Bonchev–Trinajstić information content (AvgIpc) is 3.57. The number of aryl methyl sites for hydroxylation is 2. The van der Waals surface area contributed by atoms with Crippen molar-refractivity contribution in [3.8, 4) is 11.8 Å². The van der Waals surface area contributed by atoms with Crippen molar-refractivity contribution in [1.29, 1.82) is 0 Å². The van der Waals surface area contributed by atoms with Gasteiger partial charge in [-0.05, 0) is 37.8 Å². The lowest BCUT2D eigenvalue weighted by Crippen LogP contribution is -2.34. The molecule has 1 unspecified atom stereocenters. The molecule has 3 heterocycles. The number of amides is 1. The maximum atomic E-state index is 13.8. The van der Waals surface area contributed by atoms with E-state index in [-0.39, 0.29) is 23.0 Å². The summed E-state index contributed by atoms with van der Waals surface area (Å²) in [5.74, 6) is 6.86. The van der Waals surface area contributed by atoms with Gasteiger partial charge in [-0.25, -0.2) is 9.97 Å². The van der Waals surface area contributed by atoms with Crippen LogP contribution in [-0.4, -0.2) is 41.3 Å². The molecule has 0 aliphatic heterocycles. The van der Waals surface area contributed by atoms with Crippen molar-refractivity contribution in [3.63, 3.8) is 0 Å². The molecule has 11 heteroatoms. The number of rotatable bonds is 7. The van der Waals surface area contributed by atoms with E-state index >= 15 is 0 Å². The number of aromatic nitrogens is 6. The minimum atomic E-state index is -0.573. The van der Waals surface area contributed by atoms with Crippen molar-refractivity contribution in [2.24, 2.45) is 14.1 Å². The molecule has 0 saturated heterocycles. The number of fused-ring (bicyclic) bond motifs is 1.